The number of aliphatic hydroxyl groups is 1. The minimum Gasteiger partial charge on any atom is -0.397 e. The van der Waals surface area contributed by atoms with Crippen LogP contribution in [0.2, 0.25) is 0 Å². The Morgan fingerprint density at radius 3 is 2.85 bits per heavy atom. The smallest absolute Gasteiger partial charge is 0.0935 e. The first-order chi connectivity index (χ1) is 6.31. The Kier molecular flexibility index (Phi) is 1.87. The lowest BCUT2D eigenvalue weighted by atomic mass is 10.2. The number of para-hydroxylation sites is 1. The summed E-state index contributed by atoms with van der Waals surface area (Å²) in [5.74, 6) is 0. The van der Waals surface area contributed by atoms with Crippen molar-refractivity contribution >= 4 is 16.6 Å². The summed E-state index contributed by atoms with van der Waals surface area (Å²) in [7, 11) is 0. The average Bonchev–Trinajstić information content (AvgIpc) is 2.18. The fourth-order valence-corrected chi connectivity index (χ4v) is 1.30. The molecule has 1 aromatic carbocycles. The highest BCUT2D eigenvalue weighted by Gasteiger charge is 1.99. The molecule has 0 bridgehead atoms. The first kappa shape index (κ1) is 8.01. The van der Waals surface area contributed by atoms with E-state index in [1.807, 2.05) is 18.2 Å². The molecule has 0 atom stereocenters. The molecule has 0 radical (unpaired) electrons. The molecule has 0 aliphatic heterocycles. The van der Waals surface area contributed by atoms with Crippen LogP contribution in [-0.2, 0) is 6.61 Å². The summed E-state index contributed by atoms with van der Waals surface area (Å²) in [6.07, 6.45) is 0. The second-order valence-corrected chi connectivity index (χ2v) is 2.88. The van der Waals surface area contributed by atoms with Crippen molar-refractivity contribution in [2.45, 2.75) is 6.61 Å². The van der Waals surface area contributed by atoms with Crippen LogP contribution in [0.3, 0.4) is 0 Å². The molecule has 0 aliphatic carbocycles. The van der Waals surface area contributed by atoms with E-state index in [0.29, 0.717) is 11.4 Å². The van der Waals surface area contributed by atoms with Crippen LogP contribution in [0.25, 0.3) is 10.9 Å². The summed E-state index contributed by atoms with van der Waals surface area (Å²) < 4.78 is 0. The molecular formula is C10H10N2O. The zero-order valence-electron chi connectivity index (χ0n) is 7.07. The molecule has 2 rings (SSSR count). The van der Waals surface area contributed by atoms with E-state index in [1.54, 1.807) is 12.1 Å². The van der Waals surface area contributed by atoms with E-state index in [0.717, 1.165) is 10.9 Å². The number of aliphatic hydroxyl groups excluding tert-OH is 1. The minimum atomic E-state index is -0.0513. The van der Waals surface area contributed by atoms with Gasteiger partial charge in [-0.05, 0) is 12.1 Å². The molecule has 0 saturated heterocycles. The number of nitrogens with two attached hydrogens (primary N) is 1. The summed E-state index contributed by atoms with van der Waals surface area (Å²) in [6.45, 7) is -0.0513. The van der Waals surface area contributed by atoms with Gasteiger partial charge in [0, 0.05) is 5.39 Å². The molecular weight excluding hydrogens is 164 g/mol. The third-order valence-electron chi connectivity index (χ3n) is 1.97. The predicted octanol–water partition coefficient (Wildman–Crippen LogP) is 1.31. The molecule has 3 nitrogen and oxygen atoms in total. The van der Waals surface area contributed by atoms with Gasteiger partial charge in [0.1, 0.15) is 0 Å². The Bertz CT molecular complexity index is 440. The number of nitrogens with zero attached hydrogens (tertiary/aromatic N) is 1. The predicted molar refractivity (Wildman–Crippen MR) is 52.1 cm³/mol. The molecule has 3 N–H and O–H groups in total. The largest absolute Gasteiger partial charge is 0.397 e. The van der Waals surface area contributed by atoms with Gasteiger partial charge in [-0.1, -0.05) is 18.2 Å². The Hall–Kier alpha value is -1.61. The number of anilines is 1. The van der Waals surface area contributed by atoms with Gasteiger partial charge in [-0.25, -0.2) is 4.98 Å². The summed E-state index contributed by atoms with van der Waals surface area (Å²) >= 11 is 0. The number of hydrogen-bond donors (Lipinski definition) is 2. The lowest BCUT2D eigenvalue weighted by molar-refractivity contribution is 0.277. The molecule has 13 heavy (non-hydrogen) atoms. The molecule has 0 saturated carbocycles. The summed E-state index contributed by atoms with van der Waals surface area (Å²) in [5.41, 5.74) is 7.78. The molecule has 0 spiro atoms. The van der Waals surface area contributed by atoms with E-state index in [2.05, 4.69) is 4.98 Å². The number of fused-ring (bicyclic) bond motifs is 1. The van der Waals surface area contributed by atoms with Crippen molar-refractivity contribution in [2.75, 3.05) is 5.73 Å². The lowest BCUT2D eigenvalue weighted by Crippen LogP contribution is -1.93. The van der Waals surface area contributed by atoms with E-state index in [4.69, 9.17) is 10.8 Å². The van der Waals surface area contributed by atoms with E-state index >= 15 is 0 Å². The standard InChI is InChI=1S/C10H10N2O/c11-9-3-1-2-7-4-5-8(6-13)12-10(7)9/h1-5,13H,6,11H2. The molecule has 0 unspecified atom stereocenters. The van der Waals surface area contributed by atoms with Crippen LogP contribution in [0.1, 0.15) is 5.69 Å². The second kappa shape index (κ2) is 3.03. The van der Waals surface area contributed by atoms with Crippen molar-refractivity contribution in [2.24, 2.45) is 0 Å². The van der Waals surface area contributed by atoms with E-state index in [9.17, 15) is 0 Å². The number of rotatable bonds is 1. The third kappa shape index (κ3) is 1.34. The van der Waals surface area contributed by atoms with Crippen molar-refractivity contribution in [3.05, 3.63) is 36.0 Å². The second-order valence-electron chi connectivity index (χ2n) is 2.88. The first-order valence-corrected chi connectivity index (χ1v) is 4.06. The molecule has 0 fully saturated rings. The quantitative estimate of drug-likeness (QED) is 0.641. The molecule has 0 amide bonds. The van der Waals surface area contributed by atoms with Gasteiger partial charge in [-0.15, -0.1) is 0 Å². The zero-order chi connectivity index (χ0) is 9.26. The highest BCUT2D eigenvalue weighted by Crippen LogP contribution is 2.18. The molecule has 66 valence electrons. The molecule has 0 aliphatic rings. The minimum absolute atomic E-state index is 0.0513. The maximum atomic E-state index is 8.88. The van der Waals surface area contributed by atoms with Gasteiger partial charge in [0.05, 0.1) is 23.5 Å². The molecule has 3 heteroatoms. The van der Waals surface area contributed by atoms with Crippen LogP contribution in [0.15, 0.2) is 30.3 Å². The van der Waals surface area contributed by atoms with Crippen LogP contribution >= 0.6 is 0 Å². The number of nitrogen functional groups attached to an aromatic ring is 1. The van der Waals surface area contributed by atoms with Gasteiger partial charge in [-0.3, -0.25) is 0 Å². The van der Waals surface area contributed by atoms with E-state index < -0.39 is 0 Å². The van der Waals surface area contributed by atoms with Crippen LogP contribution in [0.5, 0.6) is 0 Å². The van der Waals surface area contributed by atoms with Gasteiger partial charge in [0.25, 0.3) is 0 Å². The molecule has 1 heterocycles. The summed E-state index contributed by atoms with van der Waals surface area (Å²) in [5, 5.41) is 9.88. The van der Waals surface area contributed by atoms with Crippen molar-refractivity contribution in [1.82, 2.24) is 4.98 Å². The van der Waals surface area contributed by atoms with Gasteiger partial charge < -0.3 is 10.8 Å². The van der Waals surface area contributed by atoms with Gasteiger partial charge >= 0.3 is 0 Å². The fourth-order valence-electron chi connectivity index (χ4n) is 1.30. The number of hydrogen-bond acceptors (Lipinski definition) is 3. The van der Waals surface area contributed by atoms with Crippen molar-refractivity contribution < 1.29 is 5.11 Å². The number of aromatic nitrogens is 1. The normalized spacial score (nSPS) is 10.5. The number of benzene rings is 1. The topological polar surface area (TPSA) is 59.1 Å². The summed E-state index contributed by atoms with van der Waals surface area (Å²) in [6, 6.07) is 9.33. The van der Waals surface area contributed by atoms with Gasteiger partial charge in [-0.2, -0.15) is 0 Å². The average molecular weight is 174 g/mol. The van der Waals surface area contributed by atoms with Crippen molar-refractivity contribution in [1.29, 1.82) is 0 Å². The third-order valence-corrected chi connectivity index (χ3v) is 1.97. The Morgan fingerprint density at radius 1 is 1.23 bits per heavy atom. The highest BCUT2D eigenvalue weighted by molar-refractivity contribution is 5.89. The first-order valence-electron chi connectivity index (χ1n) is 4.06. The fraction of sp³-hybridized carbons (Fsp3) is 0.100. The van der Waals surface area contributed by atoms with Crippen LogP contribution in [0.4, 0.5) is 5.69 Å². The Morgan fingerprint density at radius 2 is 2.08 bits per heavy atom. The monoisotopic (exact) mass is 174 g/mol. The summed E-state index contributed by atoms with van der Waals surface area (Å²) in [4.78, 5) is 4.22. The van der Waals surface area contributed by atoms with Gasteiger partial charge in [0.2, 0.25) is 0 Å². The lowest BCUT2D eigenvalue weighted by Gasteiger charge is -2.02. The van der Waals surface area contributed by atoms with Crippen molar-refractivity contribution in [3.63, 3.8) is 0 Å². The highest BCUT2D eigenvalue weighted by atomic mass is 16.3. The van der Waals surface area contributed by atoms with E-state index in [-0.39, 0.29) is 6.61 Å². The molecule has 2 aromatic rings. The maximum absolute atomic E-state index is 8.88. The SMILES string of the molecule is Nc1cccc2ccc(CO)nc12. The van der Waals surface area contributed by atoms with E-state index in [1.165, 1.54) is 0 Å². The van der Waals surface area contributed by atoms with Crippen LogP contribution in [0, 0.1) is 0 Å². The maximum Gasteiger partial charge on any atom is 0.0935 e. The van der Waals surface area contributed by atoms with Crippen LogP contribution < -0.4 is 5.73 Å². The Labute approximate surface area is 75.8 Å². The number of pyridine rings is 1. The van der Waals surface area contributed by atoms with Crippen LogP contribution in [-0.4, -0.2) is 10.1 Å². The molecule has 1 aromatic heterocycles. The van der Waals surface area contributed by atoms with Gasteiger partial charge in [0.15, 0.2) is 0 Å². The van der Waals surface area contributed by atoms with Crippen molar-refractivity contribution in [3.8, 4) is 0 Å². The zero-order valence-corrected chi connectivity index (χ0v) is 7.07. The Balaban J connectivity index is 2.74.